The van der Waals surface area contributed by atoms with Crippen molar-refractivity contribution in [1.82, 2.24) is 5.43 Å². The van der Waals surface area contributed by atoms with Crippen LogP contribution < -0.4 is 19.2 Å². The average Bonchev–Trinajstić information content (AvgIpc) is 2.88. The highest BCUT2D eigenvalue weighted by atomic mass is 35.5. The summed E-state index contributed by atoms with van der Waals surface area (Å²) in [4.78, 5) is 22.9. The molecule has 0 aliphatic carbocycles. The summed E-state index contributed by atoms with van der Waals surface area (Å²) in [5, 5.41) is 16.1. The van der Waals surface area contributed by atoms with E-state index < -0.39 is 38.0 Å². The molecule has 0 aliphatic rings. The number of halogens is 2. The SMILES string of the molecule is COc1ccc(N(CC(=O)N/N=C\c2ccc(Cl)cc2Cl)S(=O)(=O)c2ccccc2[N+](=O)[O-])c(OC)c1. The van der Waals surface area contributed by atoms with Gasteiger partial charge in [-0.05, 0) is 30.3 Å². The van der Waals surface area contributed by atoms with E-state index >= 15 is 0 Å². The lowest BCUT2D eigenvalue weighted by Gasteiger charge is -2.25. The Morgan fingerprint density at radius 3 is 2.49 bits per heavy atom. The summed E-state index contributed by atoms with van der Waals surface area (Å²) in [7, 11) is -1.93. The second-order valence-electron chi connectivity index (χ2n) is 7.23. The molecule has 14 heteroatoms. The van der Waals surface area contributed by atoms with Crippen LogP contribution in [-0.4, -0.2) is 46.2 Å². The Bertz CT molecular complexity index is 1470. The maximum absolute atomic E-state index is 13.7. The summed E-state index contributed by atoms with van der Waals surface area (Å²) in [5.74, 6) is -0.440. The molecule has 0 saturated heterocycles. The summed E-state index contributed by atoms with van der Waals surface area (Å²) in [6.45, 7) is -0.789. The number of nitro groups is 1. The quantitative estimate of drug-likeness (QED) is 0.219. The number of para-hydroxylation sites is 1. The zero-order valence-electron chi connectivity index (χ0n) is 19.4. The highest BCUT2D eigenvalue weighted by Crippen LogP contribution is 2.37. The van der Waals surface area contributed by atoms with Gasteiger partial charge in [0.1, 0.15) is 18.0 Å². The second-order valence-corrected chi connectivity index (χ2v) is 9.91. The lowest BCUT2D eigenvalue weighted by molar-refractivity contribution is -0.387. The van der Waals surface area contributed by atoms with E-state index in [1.165, 1.54) is 56.8 Å². The van der Waals surface area contributed by atoms with E-state index in [-0.39, 0.29) is 16.5 Å². The van der Waals surface area contributed by atoms with Gasteiger partial charge in [0.2, 0.25) is 0 Å². The minimum absolute atomic E-state index is 0.0470. The van der Waals surface area contributed by atoms with Gasteiger partial charge in [-0.3, -0.25) is 19.2 Å². The Balaban J connectivity index is 2.01. The molecule has 3 rings (SSSR count). The lowest BCUT2D eigenvalue weighted by Crippen LogP contribution is -2.40. The maximum atomic E-state index is 13.7. The number of hydrogen-bond acceptors (Lipinski definition) is 8. The van der Waals surface area contributed by atoms with Gasteiger partial charge in [-0.15, -0.1) is 0 Å². The van der Waals surface area contributed by atoms with E-state index in [0.717, 1.165) is 12.1 Å². The van der Waals surface area contributed by atoms with Crippen LogP contribution in [0.5, 0.6) is 11.5 Å². The molecule has 194 valence electrons. The number of nitrogens with zero attached hydrogens (tertiary/aromatic N) is 3. The minimum atomic E-state index is -4.64. The number of ether oxygens (including phenoxy) is 2. The molecule has 0 saturated carbocycles. The van der Waals surface area contributed by atoms with Crippen LogP contribution in [0.15, 0.2) is 70.7 Å². The van der Waals surface area contributed by atoms with E-state index in [1.54, 1.807) is 12.1 Å². The topological polar surface area (TPSA) is 140 Å². The fourth-order valence-electron chi connectivity index (χ4n) is 3.18. The highest BCUT2D eigenvalue weighted by Gasteiger charge is 2.34. The lowest BCUT2D eigenvalue weighted by atomic mass is 10.2. The van der Waals surface area contributed by atoms with Crippen molar-refractivity contribution in [3.63, 3.8) is 0 Å². The van der Waals surface area contributed by atoms with Crippen molar-refractivity contribution in [3.05, 3.63) is 86.4 Å². The van der Waals surface area contributed by atoms with E-state index in [9.17, 15) is 23.3 Å². The Kier molecular flexibility index (Phi) is 8.92. The van der Waals surface area contributed by atoms with Crippen LogP contribution in [0.25, 0.3) is 0 Å². The Labute approximate surface area is 222 Å². The zero-order chi connectivity index (χ0) is 27.2. The molecule has 1 amide bonds. The van der Waals surface area contributed by atoms with Crippen molar-refractivity contribution < 1.29 is 27.6 Å². The van der Waals surface area contributed by atoms with Crippen molar-refractivity contribution in [2.45, 2.75) is 4.90 Å². The number of hydrogen-bond donors (Lipinski definition) is 1. The number of hydrazone groups is 1. The van der Waals surface area contributed by atoms with E-state index in [0.29, 0.717) is 20.6 Å². The fourth-order valence-corrected chi connectivity index (χ4v) is 5.23. The molecule has 0 heterocycles. The summed E-state index contributed by atoms with van der Waals surface area (Å²) in [5.41, 5.74) is 1.97. The first-order valence-corrected chi connectivity index (χ1v) is 12.5. The molecule has 0 aliphatic heterocycles. The third-order valence-corrected chi connectivity index (χ3v) is 7.30. The van der Waals surface area contributed by atoms with Crippen molar-refractivity contribution in [3.8, 4) is 11.5 Å². The molecule has 0 fully saturated rings. The van der Waals surface area contributed by atoms with Crippen LogP contribution in [0.2, 0.25) is 10.0 Å². The zero-order valence-corrected chi connectivity index (χ0v) is 21.7. The number of carbonyl (C=O) groups excluding carboxylic acids is 1. The number of sulfonamides is 1. The molecule has 0 unspecified atom stereocenters. The van der Waals surface area contributed by atoms with E-state index in [4.69, 9.17) is 32.7 Å². The van der Waals surface area contributed by atoms with E-state index in [2.05, 4.69) is 10.5 Å². The fraction of sp³-hybridized carbons (Fsp3) is 0.130. The molecule has 0 radical (unpaired) electrons. The third-order valence-electron chi connectivity index (χ3n) is 4.93. The van der Waals surface area contributed by atoms with Gasteiger partial charge in [-0.2, -0.15) is 5.10 Å². The van der Waals surface area contributed by atoms with Crippen LogP contribution in [0.3, 0.4) is 0 Å². The smallest absolute Gasteiger partial charge is 0.289 e. The number of carbonyl (C=O) groups is 1. The first-order chi connectivity index (χ1) is 17.6. The minimum Gasteiger partial charge on any atom is -0.497 e. The number of amides is 1. The molecule has 11 nitrogen and oxygen atoms in total. The third kappa shape index (κ3) is 6.47. The highest BCUT2D eigenvalue weighted by molar-refractivity contribution is 7.93. The number of benzene rings is 3. The average molecular weight is 567 g/mol. The van der Waals surface area contributed by atoms with Gasteiger partial charge in [-0.25, -0.2) is 13.8 Å². The Hall–Kier alpha value is -3.87. The molecular weight excluding hydrogens is 547 g/mol. The summed E-state index contributed by atoms with van der Waals surface area (Å²) < 4.78 is 38.5. The van der Waals surface area contributed by atoms with Gasteiger partial charge in [0.05, 0.1) is 36.1 Å². The predicted octanol–water partition coefficient (Wildman–Crippen LogP) is 4.26. The van der Waals surface area contributed by atoms with Gasteiger partial charge < -0.3 is 9.47 Å². The first kappa shape index (κ1) is 27.7. The van der Waals surface area contributed by atoms with Gasteiger partial charge in [0.25, 0.3) is 21.6 Å². The number of nitro benzene ring substituents is 1. The van der Waals surface area contributed by atoms with Gasteiger partial charge in [0.15, 0.2) is 4.90 Å². The van der Waals surface area contributed by atoms with Crippen molar-refractivity contribution >= 4 is 56.7 Å². The van der Waals surface area contributed by atoms with Gasteiger partial charge in [0, 0.05) is 22.7 Å². The molecule has 1 N–H and O–H groups in total. The van der Waals surface area contributed by atoms with Crippen molar-refractivity contribution in [2.24, 2.45) is 5.10 Å². The van der Waals surface area contributed by atoms with Gasteiger partial charge >= 0.3 is 0 Å². The summed E-state index contributed by atoms with van der Waals surface area (Å²) in [6, 6.07) is 13.7. The van der Waals surface area contributed by atoms with Crippen LogP contribution >= 0.6 is 23.2 Å². The molecule has 0 aromatic heterocycles. The molecule has 3 aromatic carbocycles. The normalized spacial score (nSPS) is 11.2. The molecule has 3 aromatic rings. The van der Waals surface area contributed by atoms with E-state index in [1.807, 2.05) is 0 Å². The van der Waals surface area contributed by atoms with Crippen LogP contribution in [-0.2, 0) is 14.8 Å². The second kappa shape index (κ2) is 11.9. The Morgan fingerprint density at radius 1 is 1.11 bits per heavy atom. The number of methoxy groups -OCH3 is 2. The molecule has 0 atom stereocenters. The van der Waals surface area contributed by atoms with Crippen molar-refractivity contribution in [2.75, 3.05) is 25.1 Å². The van der Waals surface area contributed by atoms with Crippen LogP contribution in [0, 0.1) is 10.1 Å². The summed E-state index contributed by atoms with van der Waals surface area (Å²) in [6.07, 6.45) is 1.26. The number of rotatable bonds is 10. The molecule has 0 bridgehead atoms. The Morgan fingerprint density at radius 2 is 1.84 bits per heavy atom. The standard InChI is InChI=1S/C23H20Cl2N4O7S/c1-35-17-9-10-19(21(12-17)36-2)28(37(33,34)22-6-4-3-5-20(22)29(31)32)14-23(30)27-26-13-15-7-8-16(24)11-18(15)25/h3-13H,14H2,1-2H3,(H,27,30)/b26-13-. The van der Waals surface area contributed by atoms with Crippen LogP contribution in [0.4, 0.5) is 11.4 Å². The maximum Gasteiger partial charge on any atom is 0.289 e. The first-order valence-electron chi connectivity index (χ1n) is 10.3. The van der Waals surface area contributed by atoms with Crippen molar-refractivity contribution in [1.29, 1.82) is 0 Å². The predicted molar refractivity (Wildman–Crippen MR) is 139 cm³/mol. The molecule has 37 heavy (non-hydrogen) atoms. The monoisotopic (exact) mass is 566 g/mol. The van der Waals surface area contributed by atoms with Crippen LogP contribution in [0.1, 0.15) is 5.56 Å². The number of anilines is 1. The largest absolute Gasteiger partial charge is 0.497 e. The summed E-state index contributed by atoms with van der Waals surface area (Å²) >= 11 is 11.9. The number of nitrogens with one attached hydrogen (secondary N) is 1. The molecule has 0 spiro atoms. The molecular formula is C23H20Cl2N4O7S. The van der Waals surface area contributed by atoms with Gasteiger partial charge in [-0.1, -0.05) is 41.4 Å².